The van der Waals surface area contributed by atoms with E-state index in [1.54, 1.807) is 7.11 Å². The first kappa shape index (κ1) is 15.3. The van der Waals surface area contributed by atoms with Crippen molar-refractivity contribution in [2.45, 2.75) is 19.9 Å². The van der Waals surface area contributed by atoms with Crippen LogP contribution in [0.1, 0.15) is 18.9 Å². The Morgan fingerprint density at radius 1 is 1.39 bits per heavy atom. The van der Waals surface area contributed by atoms with E-state index in [0.29, 0.717) is 0 Å². The first-order chi connectivity index (χ1) is 8.69. The van der Waals surface area contributed by atoms with E-state index in [4.69, 9.17) is 16.3 Å². The molecule has 0 aliphatic carbocycles. The normalized spacial score (nSPS) is 10.7. The Morgan fingerprint density at radius 3 is 2.78 bits per heavy atom. The van der Waals surface area contributed by atoms with Crippen molar-refractivity contribution in [2.75, 3.05) is 38.8 Å². The van der Waals surface area contributed by atoms with Gasteiger partial charge in [0.2, 0.25) is 0 Å². The molecule has 1 N–H and O–H groups in total. The van der Waals surface area contributed by atoms with Gasteiger partial charge in [0.1, 0.15) is 0 Å². The van der Waals surface area contributed by atoms with Crippen molar-refractivity contribution in [3.63, 3.8) is 0 Å². The fourth-order valence-electron chi connectivity index (χ4n) is 1.81. The molecule has 102 valence electrons. The minimum absolute atomic E-state index is 0.778. The first-order valence-corrected chi connectivity index (χ1v) is 6.76. The predicted molar refractivity (Wildman–Crippen MR) is 78.6 cm³/mol. The summed E-state index contributed by atoms with van der Waals surface area (Å²) in [6.07, 6.45) is 1.00. The average Bonchev–Trinajstić information content (AvgIpc) is 2.36. The smallest absolute Gasteiger partial charge is 0.0642 e. The molecule has 1 rings (SSSR count). The maximum absolute atomic E-state index is 6.32. The van der Waals surface area contributed by atoms with E-state index in [1.807, 2.05) is 6.07 Å². The summed E-state index contributed by atoms with van der Waals surface area (Å²) in [6.45, 7) is 5.65. The molecule has 0 aromatic heterocycles. The summed E-state index contributed by atoms with van der Waals surface area (Å²) in [7, 11) is 3.78. The van der Waals surface area contributed by atoms with Crippen LogP contribution in [0.4, 0.5) is 5.69 Å². The molecule has 0 bridgehead atoms. The summed E-state index contributed by atoms with van der Waals surface area (Å²) in [6, 6.07) is 6.24. The quantitative estimate of drug-likeness (QED) is 0.735. The number of hydrogen-bond donors (Lipinski definition) is 1. The molecule has 0 heterocycles. The summed E-state index contributed by atoms with van der Waals surface area (Å²) >= 11 is 6.32. The zero-order valence-corrected chi connectivity index (χ0v) is 12.3. The highest BCUT2D eigenvalue weighted by Crippen LogP contribution is 2.26. The monoisotopic (exact) mass is 270 g/mol. The molecule has 3 nitrogen and oxygen atoms in total. The topological polar surface area (TPSA) is 24.5 Å². The summed E-state index contributed by atoms with van der Waals surface area (Å²) < 4.78 is 5.05. The maximum atomic E-state index is 6.32. The molecule has 0 aliphatic heterocycles. The lowest BCUT2D eigenvalue weighted by molar-refractivity contribution is 0.196. The van der Waals surface area contributed by atoms with Crippen LogP contribution >= 0.6 is 11.6 Å². The molecular weight excluding hydrogens is 248 g/mol. The van der Waals surface area contributed by atoms with Gasteiger partial charge in [0.05, 0.1) is 10.7 Å². The Hall–Kier alpha value is -0.770. The van der Waals surface area contributed by atoms with Crippen LogP contribution in [0.5, 0.6) is 0 Å². The van der Waals surface area contributed by atoms with Crippen LogP contribution in [0.15, 0.2) is 18.2 Å². The third-order valence-corrected chi connectivity index (χ3v) is 3.15. The lowest BCUT2D eigenvalue weighted by Crippen LogP contribution is -2.20. The van der Waals surface area contributed by atoms with Gasteiger partial charge < -0.3 is 15.0 Å². The largest absolute Gasteiger partial charge is 0.385 e. The third-order valence-electron chi connectivity index (χ3n) is 2.84. The van der Waals surface area contributed by atoms with Crippen LogP contribution in [-0.4, -0.2) is 33.9 Å². The van der Waals surface area contributed by atoms with Gasteiger partial charge in [-0.1, -0.05) is 24.6 Å². The van der Waals surface area contributed by atoms with Crippen molar-refractivity contribution in [2.24, 2.45) is 0 Å². The number of nitrogens with one attached hydrogen (secondary N) is 1. The second kappa shape index (κ2) is 8.35. The van der Waals surface area contributed by atoms with Crippen LogP contribution in [-0.2, 0) is 11.3 Å². The Kier molecular flexibility index (Phi) is 7.09. The number of ether oxygens (including phenoxy) is 1. The lowest BCUT2D eigenvalue weighted by atomic mass is 10.2. The average molecular weight is 271 g/mol. The molecule has 0 atom stereocenters. The Morgan fingerprint density at radius 2 is 2.17 bits per heavy atom. The van der Waals surface area contributed by atoms with Gasteiger partial charge in [0.15, 0.2) is 0 Å². The standard InChI is InChI=1S/C14H23ClN2O/c1-4-16-11-12-6-7-14(13(15)10-12)17(2)8-5-9-18-3/h6-7,10,16H,4-5,8-9,11H2,1-3H3. The van der Waals surface area contributed by atoms with Gasteiger partial charge >= 0.3 is 0 Å². The highest BCUT2D eigenvalue weighted by atomic mass is 35.5. The van der Waals surface area contributed by atoms with Crippen molar-refractivity contribution < 1.29 is 4.74 Å². The first-order valence-electron chi connectivity index (χ1n) is 6.38. The third kappa shape index (κ3) is 4.84. The van der Waals surface area contributed by atoms with E-state index in [1.165, 1.54) is 5.56 Å². The molecule has 0 radical (unpaired) electrons. The Balaban J connectivity index is 2.60. The van der Waals surface area contributed by atoms with Gasteiger partial charge in [-0.15, -0.1) is 0 Å². The van der Waals surface area contributed by atoms with Gasteiger partial charge in [-0.3, -0.25) is 0 Å². The van der Waals surface area contributed by atoms with Crippen LogP contribution in [0.25, 0.3) is 0 Å². The zero-order chi connectivity index (χ0) is 13.4. The molecule has 0 spiro atoms. The number of benzene rings is 1. The molecule has 0 unspecified atom stereocenters. The summed E-state index contributed by atoms with van der Waals surface area (Å²) in [5, 5.41) is 4.10. The molecule has 18 heavy (non-hydrogen) atoms. The highest BCUT2D eigenvalue weighted by Gasteiger charge is 2.06. The summed E-state index contributed by atoms with van der Waals surface area (Å²) in [5.41, 5.74) is 2.30. The fourth-order valence-corrected chi connectivity index (χ4v) is 2.15. The van der Waals surface area contributed by atoms with Gasteiger partial charge in [-0.05, 0) is 30.7 Å². The molecule has 0 saturated carbocycles. The van der Waals surface area contributed by atoms with Gasteiger partial charge in [0.25, 0.3) is 0 Å². The molecule has 1 aromatic rings. The number of hydrogen-bond acceptors (Lipinski definition) is 3. The number of nitrogens with zero attached hydrogens (tertiary/aromatic N) is 1. The summed E-state index contributed by atoms with van der Waals surface area (Å²) in [5.74, 6) is 0. The van der Waals surface area contributed by atoms with Crippen LogP contribution < -0.4 is 10.2 Å². The zero-order valence-electron chi connectivity index (χ0n) is 11.5. The Bertz CT molecular complexity index is 358. The van der Waals surface area contributed by atoms with Crippen LogP contribution in [0.2, 0.25) is 5.02 Å². The maximum Gasteiger partial charge on any atom is 0.0642 e. The molecule has 0 fully saturated rings. The predicted octanol–water partition coefficient (Wildman–Crippen LogP) is 2.92. The van der Waals surface area contributed by atoms with E-state index in [-0.39, 0.29) is 0 Å². The number of rotatable bonds is 8. The second-order valence-corrected chi connectivity index (χ2v) is 4.74. The van der Waals surface area contributed by atoms with Crippen molar-refractivity contribution >= 4 is 17.3 Å². The fraction of sp³-hybridized carbons (Fsp3) is 0.571. The molecule has 4 heteroatoms. The van der Waals surface area contributed by atoms with Crippen LogP contribution in [0.3, 0.4) is 0 Å². The molecule has 0 amide bonds. The van der Waals surface area contributed by atoms with Gasteiger partial charge in [-0.2, -0.15) is 0 Å². The van der Waals surface area contributed by atoms with Crippen molar-refractivity contribution in [3.8, 4) is 0 Å². The van der Waals surface area contributed by atoms with E-state index in [2.05, 4.69) is 36.3 Å². The molecule has 0 aliphatic rings. The molecular formula is C14H23ClN2O. The number of halogens is 1. The molecule has 1 aromatic carbocycles. The number of anilines is 1. The highest BCUT2D eigenvalue weighted by molar-refractivity contribution is 6.33. The van der Waals surface area contributed by atoms with E-state index in [9.17, 15) is 0 Å². The van der Waals surface area contributed by atoms with Gasteiger partial charge in [0, 0.05) is 33.9 Å². The number of methoxy groups -OCH3 is 1. The minimum Gasteiger partial charge on any atom is -0.385 e. The van der Waals surface area contributed by atoms with Crippen LogP contribution in [0, 0.1) is 0 Å². The lowest BCUT2D eigenvalue weighted by Gasteiger charge is -2.21. The van der Waals surface area contributed by atoms with Crippen molar-refractivity contribution in [3.05, 3.63) is 28.8 Å². The minimum atomic E-state index is 0.778. The second-order valence-electron chi connectivity index (χ2n) is 4.33. The van der Waals surface area contributed by atoms with E-state index < -0.39 is 0 Å². The molecule has 0 saturated heterocycles. The van der Waals surface area contributed by atoms with Crippen molar-refractivity contribution in [1.82, 2.24) is 5.32 Å². The summed E-state index contributed by atoms with van der Waals surface area (Å²) in [4.78, 5) is 2.17. The van der Waals surface area contributed by atoms with E-state index >= 15 is 0 Å². The van der Waals surface area contributed by atoms with Gasteiger partial charge in [-0.25, -0.2) is 0 Å². The Labute approximate surface area is 115 Å². The SMILES string of the molecule is CCNCc1ccc(N(C)CCCOC)c(Cl)c1. The van der Waals surface area contributed by atoms with E-state index in [0.717, 1.165) is 43.4 Å². The van der Waals surface area contributed by atoms with Crippen molar-refractivity contribution in [1.29, 1.82) is 0 Å².